The summed E-state index contributed by atoms with van der Waals surface area (Å²) in [5, 5.41) is 0. The topological polar surface area (TPSA) is 111 Å². The molecule has 0 aliphatic heterocycles. The molecule has 8 heteroatoms. The summed E-state index contributed by atoms with van der Waals surface area (Å²) in [5.41, 5.74) is 13.8. The number of nitrogens with two attached hydrogens (primary N) is 2. The Kier molecular flexibility index (Phi) is 5.63. The van der Waals surface area contributed by atoms with E-state index >= 15 is 0 Å². The maximum atomic E-state index is 12.3. The molecule has 0 bridgehead atoms. The number of aromatic nitrogens is 1. The number of rotatable bonds is 3. The second-order valence-electron chi connectivity index (χ2n) is 4.48. The molecule has 0 fully saturated rings. The third-order valence-electron chi connectivity index (χ3n) is 2.81. The number of hydrogen-bond acceptors (Lipinski definition) is 5. The van der Waals surface area contributed by atoms with E-state index in [1.807, 2.05) is 0 Å². The first kappa shape index (κ1) is 17.8. The van der Waals surface area contributed by atoms with Crippen LogP contribution < -0.4 is 16.2 Å². The number of anilines is 3. The molecule has 1 radical (unpaired) electrons. The summed E-state index contributed by atoms with van der Waals surface area (Å²) in [4.78, 5) is 4.30. The van der Waals surface area contributed by atoms with E-state index in [2.05, 4.69) is 9.71 Å². The molecule has 5 N–H and O–H groups in total. The zero-order valence-electron chi connectivity index (χ0n) is 12.2. The van der Waals surface area contributed by atoms with Crippen LogP contribution >= 0.6 is 0 Å². The summed E-state index contributed by atoms with van der Waals surface area (Å²) in [5.74, 6) is 0. The minimum Gasteiger partial charge on any atom is -0.399 e. The molecule has 2 rings (SSSR count). The molecule has 6 nitrogen and oxygen atoms in total. The quantitative estimate of drug-likeness (QED) is 0.583. The van der Waals surface area contributed by atoms with Gasteiger partial charge in [0.25, 0.3) is 10.0 Å². The van der Waals surface area contributed by atoms with E-state index in [9.17, 15) is 8.42 Å². The Labute approximate surface area is 146 Å². The van der Waals surface area contributed by atoms with Crippen molar-refractivity contribution in [2.45, 2.75) is 18.7 Å². The maximum Gasteiger partial charge on any atom is 0.261 e. The van der Waals surface area contributed by atoms with Crippen molar-refractivity contribution >= 4 is 56.6 Å². The number of aryl methyl sites for hydroxylation is 2. The van der Waals surface area contributed by atoms with Gasteiger partial charge in [0, 0.05) is 40.9 Å². The number of hydrogen-bond donors (Lipinski definition) is 3. The minimum atomic E-state index is -3.70. The van der Waals surface area contributed by atoms with Crippen LogP contribution in [0.5, 0.6) is 0 Å². The first-order chi connectivity index (χ1) is 9.29. The Morgan fingerprint density at radius 1 is 1.10 bits per heavy atom. The summed E-state index contributed by atoms with van der Waals surface area (Å²) < 4.78 is 27.0. The van der Waals surface area contributed by atoms with Crippen LogP contribution in [0.3, 0.4) is 0 Å². The van der Waals surface area contributed by atoms with Crippen LogP contribution in [0.15, 0.2) is 35.2 Å². The summed E-state index contributed by atoms with van der Waals surface area (Å²) in [6.07, 6.45) is 0. The van der Waals surface area contributed by atoms with Gasteiger partial charge in [-0.15, -0.1) is 0 Å². The van der Waals surface area contributed by atoms with Gasteiger partial charge in [0.2, 0.25) is 0 Å². The van der Waals surface area contributed by atoms with E-state index in [1.165, 1.54) is 24.3 Å². The largest absolute Gasteiger partial charge is 0.399 e. The van der Waals surface area contributed by atoms with Crippen LogP contribution in [0.4, 0.5) is 17.1 Å². The smallest absolute Gasteiger partial charge is 0.261 e. The van der Waals surface area contributed by atoms with Gasteiger partial charge in [-0.2, -0.15) is 0 Å². The molecule has 1 aromatic heterocycles. The van der Waals surface area contributed by atoms with Crippen LogP contribution in [0, 0.1) is 13.8 Å². The molecule has 0 saturated heterocycles. The van der Waals surface area contributed by atoms with Crippen LogP contribution in [0.1, 0.15) is 11.4 Å². The average Bonchev–Trinajstić information content (AvgIpc) is 2.35. The fourth-order valence-corrected chi connectivity index (χ4v) is 2.84. The van der Waals surface area contributed by atoms with Crippen molar-refractivity contribution in [3.05, 3.63) is 41.7 Å². The molecule has 107 valence electrons. The van der Waals surface area contributed by atoms with E-state index in [1.54, 1.807) is 19.9 Å². The van der Waals surface area contributed by atoms with Gasteiger partial charge in [0.15, 0.2) is 0 Å². The number of nitrogen functional groups attached to an aromatic ring is 2. The Morgan fingerprint density at radius 3 is 2.24 bits per heavy atom. The monoisotopic (exact) mass is 315 g/mol. The third-order valence-corrected chi connectivity index (χ3v) is 4.19. The number of nitrogens with zero attached hydrogens (tertiary/aromatic N) is 1. The van der Waals surface area contributed by atoms with E-state index in [0.29, 0.717) is 28.5 Å². The van der Waals surface area contributed by atoms with E-state index in [4.69, 9.17) is 11.5 Å². The normalized spacial score (nSPS) is 10.8. The van der Waals surface area contributed by atoms with Crippen molar-refractivity contribution in [3.8, 4) is 0 Å². The Bertz CT molecular complexity index is 746. The fourth-order valence-electron chi connectivity index (χ4n) is 1.77. The molecule has 0 spiro atoms. The third kappa shape index (κ3) is 4.10. The first-order valence-electron chi connectivity index (χ1n) is 5.91. The van der Waals surface area contributed by atoms with Crippen LogP contribution in [0.2, 0.25) is 0 Å². The molecule has 21 heavy (non-hydrogen) atoms. The predicted octanol–water partition coefficient (Wildman–Crippen LogP) is 1.28. The SMILES string of the molecule is Cc1cc(NS(=O)(=O)c2ccc(N)cc2)c(N)c(C)n1.[Na]. The zero-order chi connectivity index (χ0) is 14.9. The molecule has 0 unspecified atom stereocenters. The molecular formula is C13H16N4NaO2S. The fraction of sp³-hybridized carbons (Fsp3) is 0.154. The maximum absolute atomic E-state index is 12.3. The second kappa shape index (κ2) is 6.65. The first-order valence-corrected chi connectivity index (χ1v) is 7.40. The van der Waals surface area contributed by atoms with E-state index in [0.717, 1.165) is 0 Å². The van der Waals surface area contributed by atoms with Crippen LogP contribution in [-0.4, -0.2) is 43.0 Å². The van der Waals surface area contributed by atoms with Gasteiger partial charge < -0.3 is 11.5 Å². The Balaban J connectivity index is 0.00000220. The van der Waals surface area contributed by atoms with Crippen LogP contribution in [0.25, 0.3) is 0 Å². The van der Waals surface area contributed by atoms with Crippen molar-refractivity contribution in [1.82, 2.24) is 4.98 Å². The van der Waals surface area contributed by atoms with Crippen molar-refractivity contribution in [3.63, 3.8) is 0 Å². The van der Waals surface area contributed by atoms with Crippen molar-refractivity contribution in [2.24, 2.45) is 0 Å². The molecule has 0 aliphatic carbocycles. The summed E-state index contributed by atoms with van der Waals surface area (Å²) in [7, 11) is -3.70. The number of benzene rings is 1. The van der Waals surface area contributed by atoms with Crippen LogP contribution in [-0.2, 0) is 10.0 Å². The Hall–Kier alpha value is -1.28. The van der Waals surface area contributed by atoms with Gasteiger partial charge in [-0.25, -0.2) is 8.42 Å². The predicted molar refractivity (Wildman–Crippen MR) is 85.5 cm³/mol. The summed E-state index contributed by atoms with van der Waals surface area (Å²) in [6.45, 7) is 3.50. The second-order valence-corrected chi connectivity index (χ2v) is 6.17. The number of nitrogens with one attached hydrogen (secondary N) is 1. The van der Waals surface area contributed by atoms with Crippen molar-refractivity contribution in [2.75, 3.05) is 16.2 Å². The van der Waals surface area contributed by atoms with Gasteiger partial charge in [0.05, 0.1) is 22.0 Å². The Morgan fingerprint density at radius 2 is 1.67 bits per heavy atom. The molecule has 0 aliphatic rings. The zero-order valence-corrected chi connectivity index (χ0v) is 15.0. The summed E-state index contributed by atoms with van der Waals surface area (Å²) >= 11 is 0. The van der Waals surface area contributed by atoms with Crippen molar-refractivity contribution in [1.29, 1.82) is 0 Å². The van der Waals surface area contributed by atoms with E-state index < -0.39 is 10.0 Å². The molecular weight excluding hydrogens is 299 g/mol. The van der Waals surface area contributed by atoms with Gasteiger partial charge in [0.1, 0.15) is 0 Å². The van der Waals surface area contributed by atoms with Gasteiger partial charge in [-0.05, 0) is 44.2 Å². The molecule has 0 amide bonds. The molecule has 1 aromatic carbocycles. The standard InChI is InChI=1S/C13H16N4O2S.Na/c1-8-7-12(13(15)9(2)16-8)17-20(18,19)11-5-3-10(14)4-6-11;/h3-7H,14-15H2,1-2H3,(H,16,17);. The van der Waals surface area contributed by atoms with Gasteiger partial charge in [-0.1, -0.05) is 0 Å². The molecule has 2 aromatic rings. The van der Waals surface area contributed by atoms with Gasteiger partial charge >= 0.3 is 0 Å². The molecule has 0 atom stereocenters. The number of sulfonamides is 1. The molecule has 1 heterocycles. The molecule has 0 saturated carbocycles. The average molecular weight is 315 g/mol. The number of pyridine rings is 1. The minimum absolute atomic E-state index is 0. The van der Waals surface area contributed by atoms with Gasteiger partial charge in [-0.3, -0.25) is 9.71 Å². The summed E-state index contributed by atoms with van der Waals surface area (Å²) in [6, 6.07) is 7.53. The van der Waals surface area contributed by atoms with E-state index in [-0.39, 0.29) is 34.5 Å². The van der Waals surface area contributed by atoms with Crippen molar-refractivity contribution < 1.29 is 8.42 Å².